The van der Waals surface area contributed by atoms with Crippen LogP contribution in [0.1, 0.15) is 51.3 Å². The molecular formula is C18H21NO. The minimum Gasteiger partial charge on any atom is -0.298 e. The van der Waals surface area contributed by atoms with Gasteiger partial charge in [-0.15, -0.1) is 0 Å². The number of allylic oxidation sites excluding steroid dienone is 2. The number of hydrogen-bond acceptors (Lipinski definition) is 1. The van der Waals surface area contributed by atoms with Crippen molar-refractivity contribution < 1.29 is 4.79 Å². The smallest absolute Gasteiger partial charge is 0.259 e. The van der Waals surface area contributed by atoms with E-state index in [9.17, 15) is 4.79 Å². The van der Waals surface area contributed by atoms with Crippen LogP contribution in [0.5, 0.6) is 0 Å². The van der Waals surface area contributed by atoms with Gasteiger partial charge in [-0.05, 0) is 64.8 Å². The van der Waals surface area contributed by atoms with Crippen molar-refractivity contribution in [2.45, 2.75) is 47.1 Å². The van der Waals surface area contributed by atoms with E-state index in [1.807, 2.05) is 18.7 Å². The highest BCUT2D eigenvalue weighted by molar-refractivity contribution is 6.35. The van der Waals surface area contributed by atoms with E-state index in [1.165, 1.54) is 16.7 Å². The summed E-state index contributed by atoms with van der Waals surface area (Å²) in [6, 6.07) is 4.34. The molecule has 2 heteroatoms. The average Bonchev–Trinajstić information content (AvgIpc) is 2.58. The fraction of sp³-hybridized carbons (Fsp3) is 0.389. The molecule has 20 heavy (non-hydrogen) atoms. The van der Waals surface area contributed by atoms with Crippen molar-refractivity contribution in [3.8, 4) is 0 Å². The zero-order chi connectivity index (χ0) is 14.8. The lowest BCUT2D eigenvalue weighted by molar-refractivity contribution is -0.113. The van der Waals surface area contributed by atoms with Crippen LogP contribution >= 0.6 is 0 Å². The maximum atomic E-state index is 12.9. The van der Waals surface area contributed by atoms with Crippen LogP contribution in [0.3, 0.4) is 0 Å². The quantitative estimate of drug-likeness (QED) is 0.641. The number of carbonyl (C=O) groups excluding carboxylic acids is 1. The van der Waals surface area contributed by atoms with Gasteiger partial charge in [0.05, 0.1) is 11.2 Å². The van der Waals surface area contributed by atoms with Gasteiger partial charge in [-0.1, -0.05) is 11.6 Å². The molecule has 3 rings (SSSR count). The highest BCUT2D eigenvalue weighted by Crippen LogP contribution is 2.50. The van der Waals surface area contributed by atoms with E-state index >= 15 is 0 Å². The first-order valence-electron chi connectivity index (χ1n) is 7.11. The Morgan fingerprint density at radius 2 is 1.70 bits per heavy atom. The molecule has 0 aromatic heterocycles. The zero-order valence-corrected chi connectivity index (χ0v) is 13.1. The van der Waals surface area contributed by atoms with Crippen molar-refractivity contribution in [2.24, 2.45) is 0 Å². The maximum Gasteiger partial charge on any atom is 0.259 e. The number of anilines is 1. The van der Waals surface area contributed by atoms with Gasteiger partial charge >= 0.3 is 0 Å². The highest BCUT2D eigenvalue weighted by Gasteiger charge is 2.44. The van der Waals surface area contributed by atoms with Crippen LogP contribution in [0.15, 0.2) is 23.8 Å². The SMILES string of the molecule is CC1=CC(C)(C)N2C(=O)C(=C(C)C)c3cc(C)cc1c32. The molecule has 0 spiro atoms. The number of benzene rings is 1. The number of amides is 1. The summed E-state index contributed by atoms with van der Waals surface area (Å²) in [4.78, 5) is 14.9. The van der Waals surface area contributed by atoms with E-state index in [1.54, 1.807) is 0 Å². The van der Waals surface area contributed by atoms with Crippen molar-refractivity contribution in [1.29, 1.82) is 0 Å². The second-order valence-electron chi connectivity index (χ2n) is 6.71. The van der Waals surface area contributed by atoms with E-state index < -0.39 is 0 Å². The monoisotopic (exact) mass is 267 g/mol. The van der Waals surface area contributed by atoms with Crippen LogP contribution in [0.4, 0.5) is 5.69 Å². The fourth-order valence-corrected chi connectivity index (χ4v) is 3.54. The number of nitrogens with zero attached hydrogens (tertiary/aromatic N) is 1. The molecule has 104 valence electrons. The molecule has 0 radical (unpaired) electrons. The molecule has 2 aliphatic rings. The first-order chi connectivity index (χ1) is 9.24. The van der Waals surface area contributed by atoms with E-state index in [2.05, 4.69) is 45.9 Å². The number of hydrogen-bond donors (Lipinski definition) is 0. The van der Waals surface area contributed by atoms with E-state index in [0.29, 0.717) is 0 Å². The van der Waals surface area contributed by atoms with Crippen LogP contribution in [0, 0.1) is 6.92 Å². The lowest BCUT2D eigenvalue weighted by Gasteiger charge is -2.38. The first-order valence-corrected chi connectivity index (χ1v) is 7.11. The predicted octanol–water partition coefficient (Wildman–Crippen LogP) is 4.33. The van der Waals surface area contributed by atoms with Gasteiger partial charge in [-0.3, -0.25) is 9.69 Å². The number of carbonyl (C=O) groups is 1. The Kier molecular flexibility index (Phi) is 2.53. The van der Waals surface area contributed by atoms with Crippen molar-refractivity contribution >= 4 is 22.7 Å². The summed E-state index contributed by atoms with van der Waals surface area (Å²) in [5.41, 5.74) is 7.56. The Hall–Kier alpha value is -1.83. The van der Waals surface area contributed by atoms with Gasteiger partial charge in [0.15, 0.2) is 0 Å². The lowest BCUT2D eigenvalue weighted by Crippen LogP contribution is -2.46. The Morgan fingerprint density at radius 3 is 2.30 bits per heavy atom. The molecule has 2 nitrogen and oxygen atoms in total. The third kappa shape index (κ3) is 1.54. The van der Waals surface area contributed by atoms with Gasteiger partial charge in [-0.2, -0.15) is 0 Å². The minimum absolute atomic E-state index is 0.139. The van der Waals surface area contributed by atoms with Gasteiger partial charge in [0.1, 0.15) is 0 Å². The van der Waals surface area contributed by atoms with Crippen molar-refractivity contribution in [3.63, 3.8) is 0 Å². The molecule has 0 bridgehead atoms. The zero-order valence-electron chi connectivity index (χ0n) is 13.1. The second kappa shape index (κ2) is 3.85. The van der Waals surface area contributed by atoms with Gasteiger partial charge in [0.25, 0.3) is 5.91 Å². The molecule has 1 amide bonds. The first kappa shape index (κ1) is 13.2. The lowest BCUT2D eigenvalue weighted by atomic mass is 9.88. The third-order valence-corrected chi connectivity index (χ3v) is 4.24. The molecular weight excluding hydrogens is 246 g/mol. The Bertz CT molecular complexity index is 700. The molecule has 0 saturated heterocycles. The molecule has 1 aromatic rings. The van der Waals surface area contributed by atoms with Gasteiger partial charge in [-0.25, -0.2) is 0 Å². The van der Waals surface area contributed by atoms with Crippen LogP contribution in [0.25, 0.3) is 11.1 Å². The van der Waals surface area contributed by atoms with E-state index in [0.717, 1.165) is 22.4 Å². The minimum atomic E-state index is -0.268. The molecule has 0 unspecified atom stereocenters. The molecule has 0 atom stereocenters. The van der Waals surface area contributed by atoms with Crippen molar-refractivity contribution in [2.75, 3.05) is 4.90 Å². The van der Waals surface area contributed by atoms with Crippen molar-refractivity contribution in [3.05, 3.63) is 40.5 Å². The van der Waals surface area contributed by atoms with Gasteiger partial charge in [0.2, 0.25) is 0 Å². The average molecular weight is 267 g/mol. The molecule has 2 heterocycles. The molecule has 1 aromatic carbocycles. The third-order valence-electron chi connectivity index (χ3n) is 4.24. The summed E-state index contributed by atoms with van der Waals surface area (Å²) in [5, 5.41) is 0. The van der Waals surface area contributed by atoms with Crippen LogP contribution in [-0.2, 0) is 4.79 Å². The molecule has 0 fully saturated rings. The van der Waals surface area contributed by atoms with Crippen LogP contribution in [0.2, 0.25) is 0 Å². The Balaban J connectivity index is 2.45. The molecule has 0 N–H and O–H groups in total. The standard InChI is InChI=1S/C18H21NO/c1-10(2)15-14-8-11(3)7-13-12(4)9-18(5,6)19(16(13)14)17(15)20/h7-9H,1-6H3. The Morgan fingerprint density at radius 1 is 1.10 bits per heavy atom. The largest absolute Gasteiger partial charge is 0.298 e. The topological polar surface area (TPSA) is 20.3 Å². The number of aryl methyl sites for hydroxylation is 1. The van der Waals surface area contributed by atoms with Gasteiger partial charge < -0.3 is 0 Å². The van der Waals surface area contributed by atoms with Crippen LogP contribution < -0.4 is 4.90 Å². The molecule has 0 saturated carbocycles. The summed E-state index contributed by atoms with van der Waals surface area (Å²) in [7, 11) is 0. The van der Waals surface area contributed by atoms with Gasteiger partial charge in [0, 0.05) is 16.7 Å². The summed E-state index contributed by atoms with van der Waals surface area (Å²) in [5.74, 6) is 0.139. The summed E-state index contributed by atoms with van der Waals surface area (Å²) in [6.07, 6.45) is 2.20. The summed E-state index contributed by atoms with van der Waals surface area (Å²) >= 11 is 0. The molecule has 2 aliphatic heterocycles. The van der Waals surface area contributed by atoms with E-state index in [4.69, 9.17) is 0 Å². The summed E-state index contributed by atoms with van der Waals surface area (Å²) in [6.45, 7) is 12.5. The predicted molar refractivity (Wildman–Crippen MR) is 84.7 cm³/mol. The van der Waals surface area contributed by atoms with E-state index in [-0.39, 0.29) is 11.4 Å². The highest BCUT2D eigenvalue weighted by atomic mass is 16.2. The number of rotatable bonds is 0. The van der Waals surface area contributed by atoms with Crippen molar-refractivity contribution in [1.82, 2.24) is 0 Å². The fourth-order valence-electron chi connectivity index (χ4n) is 3.54. The Labute approximate surface area is 120 Å². The normalized spacial score (nSPS) is 19.1. The van der Waals surface area contributed by atoms with Crippen LogP contribution in [-0.4, -0.2) is 11.4 Å². The molecule has 0 aliphatic carbocycles. The summed E-state index contributed by atoms with van der Waals surface area (Å²) < 4.78 is 0. The maximum absolute atomic E-state index is 12.9. The second-order valence-corrected chi connectivity index (χ2v) is 6.71.